The van der Waals surface area contributed by atoms with Gasteiger partial charge in [-0.1, -0.05) is 23.8 Å². The van der Waals surface area contributed by atoms with E-state index in [1.165, 1.54) is 16.7 Å². The zero-order valence-electron chi connectivity index (χ0n) is 10.5. The minimum Gasteiger partial charge on any atom is -0.305 e. The van der Waals surface area contributed by atoms with Gasteiger partial charge in [0.15, 0.2) is 0 Å². The highest BCUT2D eigenvalue weighted by Gasteiger charge is 2.02. The predicted molar refractivity (Wildman–Crippen MR) is 67.3 cm³/mol. The van der Waals surface area contributed by atoms with Gasteiger partial charge in [-0.15, -0.1) is 0 Å². The Kier molecular flexibility index (Phi) is 5.01. The molecule has 0 heterocycles. The van der Waals surface area contributed by atoms with Crippen LogP contribution in [0.15, 0.2) is 18.2 Å². The van der Waals surface area contributed by atoms with Gasteiger partial charge in [0.05, 0.1) is 6.07 Å². The van der Waals surface area contributed by atoms with Gasteiger partial charge >= 0.3 is 0 Å². The average Bonchev–Trinajstić information content (AvgIpc) is 2.27. The molecule has 0 N–H and O–H groups in total. The minimum absolute atomic E-state index is 0.614. The quantitative estimate of drug-likeness (QED) is 0.756. The van der Waals surface area contributed by atoms with Crippen molar-refractivity contribution in [3.8, 4) is 6.07 Å². The van der Waals surface area contributed by atoms with Gasteiger partial charge in [0.2, 0.25) is 0 Å². The third-order valence-electron chi connectivity index (χ3n) is 2.87. The zero-order valence-corrected chi connectivity index (χ0v) is 10.5. The number of nitrogens with zero attached hydrogens (tertiary/aromatic N) is 2. The molecule has 0 fully saturated rings. The van der Waals surface area contributed by atoms with Crippen LogP contribution in [0, 0.1) is 25.2 Å². The van der Waals surface area contributed by atoms with Gasteiger partial charge in [-0.05, 0) is 38.4 Å². The van der Waals surface area contributed by atoms with Crippen LogP contribution in [-0.4, -0.2) is 25.0 Å². The third-order valence-corrected chi connectivity index (χ3v) is 2.87. The standard InChI is InChI=1S/C14H20N2/c1-12-5-6-13(2)14(11-12)7-10-16(3)9-4-8-15/h5-6,11H,4,7,9-10H2,1-3H3. The Bertz CT molecular complexity index is 377. The van der Waals surface area contributed by atoms with Crippen molar-refractivity contribution in [3.63, 3.8) is 0 Å². The Labute approximate surface area is 98.5 Å². The Balaban J connectivity index is 2.48. The second-order valence-electron chi connectivity index (χ2n) is 4.39. The lowest BCUT2D eigenvalue weighted by molar-refractivity contribution is 0.346. The molecule has 0 aliphatic heterocycles. The number of aryl methyl sites for hydroxylation is 2. The van der Waals surface area contributed by atoms with Crippen LogP contribution >= 0.6 is 0 Å². The number of likely N-dealkylation sites (N-methyl/N-ethyl adjacent to an activating group) is 1. The second kappa shape index (κ2) is 6.30. The molecule has 0 radical (unpaired) electrons. The number of rotatable bonds is 5. The van der Waals surface area contributed by atoms with Crippen LogP contribution in [0.3, 0.4) is 0 Å². The first-order chi connectivity index (χ1) is 7.63. The topological polar surface area (TPSA) is 27.0 Å². The molecule has 1 aromatic carbocycles. The lowest BCUT2D eigenvalue weighted by atomic mass is 10.0. The highest BCUT2D eigenvalue weighted by Crippen LogP contribution is 2.11. The fraction of sp³-hybridized carbons (Fsp3) is 0.500. The Hall–Kier alpha value is -1.33. The molecule has 1 rings (SSSR count). The third kappa shape index (κ3) is 4.04. The summed E-state index contributed by atoms with van der Waals surface area (Å²) in [5, 5.41) is 8.50. The van der Waals surface area contributed by atoms with Crippen molar-refractivity contribution in [3.05, 3.63) is 34.9 Å². The summed E-state index contributed by atoms with van der Waals surface area (Å²) in [6, 6.07) is 8.76. The van der Waals surface area contributed by atoms with E-state index in [1.54, 1.807) is 0 Å². The first-order valence-corrected chi connectivity index (χ1v) is 5.75. The molecule has 0 saturated carbocycles. The smallest absolute Gasteiger partial charge is 0.0635 e. The molecule has 86 valence electrons. The van der Waals surface area contributed by atoms with Crippen LogP contribution in [0.25, 0.3) is 0 Å². The van der Waals surface area contributed by atoms with Crippen molar-refractivity contribution in [2.75, 3.05) is 20.1 Å². The van der Waals surface area contributed by atoms with Crippen molar-refractivity contribution in [1.29, 1.82) is 5.26 Å². The van der Waals surface area contributed by atoms with E-state index >= 15 is 0 Å². The van der Waals surface area contributed by atoms with E-state index in [4.69, 9.17) is 5.26 Å². The Morgan fingerprint density at radius 3 is 2.69 bits per heavy atom. The summed E-state index contributed by atoms with van der Waals surface area (Å²) in [4.78, 5) is 2.21. The number of benzene rings is 1. The van der Waals surface area contributed by atoms with Crippen LogP contribution < -0.4 is 0 Å². The predicted octanol–water partition coefficient (Wildman–Crippen LogP) is 2.69. The fourth-order valence-corrected chi connectivity index (χ4v) is 1.73. The first kappa shape index (κ1) is 12.7. The summed E-state index contributed by atoms with van der Waals surface area (Å²) in [5.74, 6) is 0. The van der Waals surface area contributed by atoms with Crippen molar-refractivity contribution >= 4 is 0 Å². The maximum Gasteiger partial charge on any atom is 0.0635 e. The Morgan fingerprint density at radius 2 is 2.00 bits per heavy atom. The minimum atomic E-state index is 0.614. The highest BCUT2D eigenvalue weighted by atomic mass is 15.1. The Morgan fingerprint density at radius 1 is 1.25 bits per heavy atom. The van der Waals surface area contributed by atoms with Crippen molar-refractivity contribution in [2.24, 2.45) is 0 Å². The van der Waals surface area contributed by atoms with Gasteiger partial charge in [0.1, 0.15) is 0 Å². The number of hydrogen-bond acceptors (Lipinski definition) is 2. The highest BCUT2D eigenvalue weighted by molar-refractivity contribution is 5.30. The molecule has 0 aromatic heterocycles. The molecule has 0 aliphatic rings. The summed E-state index contributed by atoms with van der Waals surface area (Å²) < 4.78 is 0. The van der Waals surface area contributed by atoms with Gasteiger partial charge in [-0.2, -0.15) is 5.26 Å². The van der Waals surface area contributed by atoms with E-state index in [1.807, 2.05) is 0 Å². The van der Waals surface area contributed by atoms with Crippen LogP contribution in [0.4, 0.5) is 0 Å². The molecular formula is C14H20N2. The van der Waals surface area contributed by atoms with Gasteiger partial charge in [0.25, 0.3) is 0 Å². The second-order valence-corrected chi connectivity index (χ2v) is 4.39. The van der Waals surface area contributed by atoms with E-state index < -0.39 is 0 Å². The summed E-state index contributed by atoms with van der Waals surface area (Å²) in [6.45, 7) is 6.17. The molecule has 2 nitrogen and oxygen atoms in total. The van der Waals surface area contributed by atoms with E-state index in [0.717, 1.165) is 19.5 Å². The van der Waals surface area contributed by atoms with Crippen molar-refractivity contribution < 1.29 is 0 Å². The molecule has 1 aromatic rings. The molecule has 0 saturated heterocycles. The molecule has 0 unspecified atom stereocenters. The summed E-state index contributed by atoms with van der Waals surface area (Å²) >= 11 is 0. The molecular weight excluding hydrogens is 196 g/mol. The van der Waals surface area contributed by atoms with Gasteiger partial charge < -0.3 is 4.90 Å². The normalized spacial score (nSPS) is 10.4. The summed E-state index contributed by atoms with van der Waals surface area (Å²) in [7, 11) is 2.07. The maximum absolute atomic E-state index is 8.50. The monoisotopic (exact) mass is 216 g/mol. The summed E-state index contributed by atoms with van der Waals surface area (Å²) in [5.41, 5.74) is 4.10. The van der Waals surface area contributed by atoms with Crippen LogP contribution in [0.5, 0.6) is 0 Å². The zero-order chi connectivity index (χ0) is 12.0. The van der Waals surface area contributed by atoms with Gasteiger partial charge in [-0.25, -0.2) is 0 Å². The molecule has 2 heteroatoms. The molecule has 0 bridgehead atoms. The summed E-state index contributed by atoms with van der Waals surface area (Å²) in [6.07, 6.45) is 1.68. The lowest BCUT2D eigenvalue weighted by Crippen LogP contribution is -2.22. The van der Waals surface area contributed by atoms with E-state index in [9.17, 15) is 0 Å². The van der Waals surface area contributed by atoms with Gasteiger partial charge in [-0.3, -0.25) is 0 Å². The fourth-order valence-electron chi connectivity index (χ4n) is 1.73. The first-order valence-electron chi connectivity index (χ1n) is 5.75. The van der Waals surface area contributed by atoms with E-state index in [0.29, 0.717) is 6.42 Å². The maximum atomic E-state index is 8.50. The van der Waals surface area contributed by atoms with Gasteiger partial charge in [0, 0.05) is 19.5 Å². The van der Waals surface area contributed by atoms with Crippen molar-refractivity contribution in [2.45, 2.75) is 26.7 Å². The largest absolute Gasteiger partial charge is 0.305 e. The van der Waals surface area contributed by atoms with Crippen molar-refractivity contribution in [1.82, 2.24) is 4.90 Å². The number of nitriles is 1. The van der Waals surface area contributed by atoms with Crippen LogP contribution in [0.2, 0.25) is 0 Å². The SMILES string of the molecule is Cc1ccc(C)c(CCN(C)CCC#N)c1. The molecule has 0 spiro atoms. The number of hydrogen-bond donors (Lipinski definition) is 0. The van der Waals surface area contributed by atoms with E-state index in [-0.39, 0.29) is 0 Å². The lowest BCUT2D eigenvalue weighted by Gasteiger charge is -2.15. The molecule has 16 heavy (non-hydrogen) atoms. The molecule has 0 aliphatic carbocycles. The van der Waals surface area contributed by atoms with E-state index in [2.05, 4.69) is 50.1 Å². The van der Waals surface area contributed by atoms with Crippen LogP contribution in [0.1, 0.15) is 23.1 Å². The van der Waals surface area contributed by atoms with Crippen LogP contribution in [-0.2, 0) is 6.42 Å². The molecule has 0 amide bonds. The molecule has 0 atom stereocenters. The average molecular weight is 216 g/mol.